The van der Waals surface area contributed by atoms with Crippen molar-refractivity contribution in [3.05, 3.63) is 34.5 Å². The lowest BCUT2D eigenvalue weighted by Gasteiger charge is -2.20. The van der Waals surface area contributed by atoms with Gasteiger partial charge in [-0.3, -0.25) is 4.68 Å². The first kappa shape index (κ1) is 14.0. The van der Waals surface area contributed by atoms with Crippen molar-refractivity contribution in [1.29, 1.82) is 0 Å². The molecule has 0 unspecified atom stereocenters. The molecule has 0 aliphatic heterocycles. The number of likely N-dealkylation sites (N-methyl/N-ethyl adjacent to an activating group) is 1. The number of aromatic nitrogens is 4. The van der Waals surface area contributed by atoms with Crippen LogP contribution in [0.1, 0.15) is 34.6 Å². The molecule has 1 aliphatic rings. The third-order valence-electron chi connectivity index (χ3n) is 4.57. The molecule has 0 saturated carbocycles. The SMILES string of the molecule is Cc1nn(C)c(C)c1CCN(C)c1ncnc2c1CCC2. The predicted molar refractivity (Wildman–Crippen MR) is 83.7 cm³/mol. The second-order valence-corrected chi connectivity index (χ2v) is 5.92. The lowest BCUT2D eigenvalue weighted by atomic mass is 10.1. The van der Waals surface area contributed by atoms with E-state index in [2.05, 4.69) is 40.9 Å². The third-order valence-corrected chi connectivity index (χ3v) is 4.57. The first-order valence-corrected chi connectivity index (χ1v) is 7.61. The number of hydrogen-bond donors (Lipinski definition) is 0. The smallest absolute Gasteiger partial charge is 0.135 e. The van der Waals surface area contributed by atoms with Gasteiger partial charge in [0.15, 0.2) is 0 Å². The summed E-state index contributed by atoms with van der Waals surface area (Å²) in [5.41, 5.74) is 6.33. The van der Waals surface area contributed by atoms with Gasteiger partial charge in [-0.05, 0) is 45.1 Å². The molecule has 0 bridgehead atoms. The highest BCUT2D eigenvalue weighted by Gasteiger charge is 2.19. The van der Waals surface area contributed by atoms with Gasteiger partial charge in [-0.1, -0.05) is 0 Å². The van der Waals surface area contributed by atoms with Gasteiger partial charge in [0.25, 0.3) is 0 Å². The summed E-state index contributed by atoms with van der Waals surface area (Å²) in [6.07, 6.45) is 6.12. The maximum Gasteiger partial charge on any atom is 0.135 e. The summed E-state index contributed by atoms with van der Waals surface area (Å²) in [6, 6.07) is 0. The van der Waals surface area contributed by atoms with Gasteiger partial charge in [0, 0.05) is 37.6 Å². The van der Waals surface area contributed by atoms with Gasteiger partial charge in [0.1, 0.15) is 12.1 Å². The fraction of sp³-hybridized carbons (Fsp3) is 0.562. The normalized spacial score (nSPS) is 13.5. The summed E-state index contributed by atoms with van der Waals surface area (Å²) in [7, 11) is 4.13. The van der Waals surface area contributed by atoms with Gasteiger partial charge in [0.2, 0.25) is 0 Å². The van der Waals surface area contributed by atoms with Crippen LogP contribution in [0.15, 0.2) is 6.33 Å². The van der Waals surface area contributed by atoms with Gasteiger partial charge in [-0.25, -0.2) is 9.97 Å². The largest absolute Gasteiger partial charge is 0.359 e. The van der Waals surface area contributed by atoms with Crippen LogP contribution in [0.25, 0.3) is 0 Å². The maximum atomic E-state index is 4.51. The highest BCUT2D eigenvalue weighted by Crippen LogP contribution is 2.27. The molecule has 2 aromatic rings. The fourth-order valence-electron chi connectivity index (χ4n) is 3.24. The molecule has 3 rings (SSSR count). The van der Waals surface area contributed by atoms with E-state index in [9.17, 15) is 0 Å². The van der Waals surface area contributed by atoms with Crippen LogP contribution in [0, 0.1) is 13.8 Å². The summed E-state index contributed by atoms with van der Waals surface area (Å²) >= 11 is 0. The van der Waals surface area contributed by atoms with E-state index in [4.69, 9.17) is 0 Å². The quantitative estimate of drug-likeness (QED) is 0.862. The van der Waals surface area contributed by atoms with Gasteiger partial charge < -0.3 is 4.90 Å². The zero-order valence-electron chi connectivity index (χ0n) is 13.3. The van der Waals surface area contributed by atoms with Crippen molar-refractivity contribution in [2.24, 2.45) is 7.05 Å². The van der Waals surface area contributed by atoms with E-state index in [0.29, 0.717) is 0 Å². The molecule has 1 aliphatic carbocycles. The van der Waals surface area contributed by atoms with Gasteiger partial charge >= 0.3 is 0 Å². The Kier molecular flexibility index (Phi) is 3.66. The minimum Gasteiger partial charge on any atom is -0.359 e. The average Bonchev–Trinajstić information content (AvgIpc) is 3.02. The van der Waals surface area contributed by atoms with Crippen molar-refractivity contribution >= 4 is 5.82 Å². The number of rotatable bonds is 4. The van der Waals surface area contributed by atoms with Crippen molar-refractivity contribution in [1.82, 2.24) is 19.7 Å². The molecule has 2 aromatic heterocycles. The number of nitrogens with zero attached hydrogens (tertiary/aromatic N) is 5. The van der Waals surface area contributed by atoms with Crippen LogP contribution in [0.2, 0.25) is 0 Å². The summed E-state index contributed by atoms with van der Waals surface area (Å²) in [5.74, 6) is 1.11. The number of fused-ring (bicyclic) bond motifs is 1. The van der Waals surface area contributed by atoms with Crippen molar-refractivity contribution < 1.29 is 0 Å². The standard InChI is InChI=1S/C16H23N5/c1-11-13(12(2)21(4)19-11)8-9-20(3)16-14-6-5-7-15(14)17-10-18-16/h10H,5-9H2,1-4H3. The molecular weight excluding hydrogens is 262 g/mol. The molecule has 0 amide bonds. The Morgan fingerprint density at radius 1 is 1.24 bits per heavy atom. The van der Waals surface area contributed by atoms with Gasteiger partial charge in [-0.15, -0.1) is 0 Å². The molecule has 0 fully saturated rings. The molecule has 0 atom stereocenters. The second kappa shape index (κ2) is 5.47. The lowest BCUT2D eigenvalue weighted by molar-refractivity contribution is 0.729. The van der Waals surface area contributed by atoms with E-state index >= 15 is 0 Å². The molecule has 5 heteroatoms. The van der Waals surface area contributed by atoms with Crippen molar-refractivity contribution in [3.8, 4) is 0 Å². The summed E-state index contributed by atoms with van der Waals surface area (Å²) in [5, 5.41) is 4.49. The van der Waals surface area contributed by atoms with Crippen LogP contribution in [0.3, 0.4) is 0 Å². The van der Waals surface area contributed by atoms with E-state index in [-0.39, 0.29) is 0 Å². The van der Waals surface area contributed by atoms with Crippen LogP contribution >= 0.6 is 0 Å². The average molecular weight is 285 g/mol. The highest BCUT2D eigenvalue weighted by atomic mass is 15.3. The Morgan fingerprint density at radius 3 is 2.76 bits per heavy atom. The number of anilines is 1. The Bertz CT molecular complexity index is 659. The molecular formula is C16H23N5. The molecule has 5 nitrogen and oxygen atoms in total. The second-order valence-electron chi connectivity index (χ2n) is 5.92. The van der Waals surface area contributed by atoms with Crippen LogP contribution in [0.4, 0.5) is 5.82 Å². The molecule has 0 spiro atoms. The van der Waals surface area contributed by atoms with E-state index in [1.807, 2.05) is 11.7 Å². The van der Waals surface area contributed by atoms with Crippen LogP contribution in [0.5, 0.6) is 0 Å². The third kappa shape index (κ3) is 2.52. The lowest BCUT2D eigenvalue weighted by Crippen LogP contribution is -2.23. The van der Waals surface area contributed by atoms with Crippen LogP contribution < -0.4 is 4.90 Å². The minimum atomic E-state index is 0.955. The Balaban J connectivity index is 1.75. The molecule has 112 valence electrons. The predicted octanol–water partition coefficient (Wildman–Crippen LogP) is 1.99. The summed E-state index contributed by atoms with van der Waals surface area (Å²) in [6.45, 7) is 5.18. The molecule has 0 radical (unpaired) electrons. The zero-order chi connectivity index (χ0) is 15.0. The molecule has 0 saturated heterocycles. The van der Waals surface area contributed by atoms with Crippen LogP contribution in [-0.4, -0.2) is 33.3 Å². The van der Waals surface area contributed by atoms with Crippen molar-refractivity contribution in [2.45, 2.75) is 39.5 Å². The molecule has 2 heterocycles. The summed E-state index contributed by atoms with van der Waals surface area (Å²) in [4.78, 5) is 11.2. The van der Waals surface area contributed by atoms with E-state index in [1.165, 1.54) is 28.9 Å². The Morgan fingerprint density at radius 2 is 2.05 bits per heavy atom. The van der Waals surface area contributed by atoms with Crippen molar-refractivity contribution in [2.75, 3.05) is 18.5 Å². The number of aryl methyl sites for hydroxylation is 3. The minimum absolute atomic E-state index is 0.955. The number of hydrogen-bond acceptors (Lipinski definition) is 4. The molecule has 21 heavy (non-hydrogen) atoms. The Labute approximate surface area is 126 Å². The maximum absolute atomic E-state index is 4.51. The van der Waals surface area contributed by atoms with Crippen LogP contribution in [-0.2, 0) is 26.3 Å². The monoisotopic (exact) mass is 285 g/mol. The molecule has 0 N–H and O–H groups in total. The van der Waals surface area contributed by atoms with E-state index < -0.39 is 0 Å². The first-order chi connectivity index (χ1) is 10.1. The first-order valence-electron chi connectivity index (χ1n) is 7.61. The van der Waals surface area contributed by atoms with E-state index in [1.54, 1.807) is 6.33 Å². The van der Waals surface area contributed by atoms with E-state index in [0.717, 1.165) is 37.3 Å². The summed E-state index contributed by atoms with van der Waals surface area (Å²) < 4.78 is 1.97. The molecule has 0 aromatic carbocycles. The zero-order valence-corrected chi connectivity index (χ0v) is 13.3. The highest BCUT2D eigenvalue weighted by molar-refractivity contribution is 5.50. The van der Waals surface area contributed by atoms with Gasteiger partial charge in [-0.2, -0.15) is 5.10 Å². The fourth-order valence-corrected chi connectivity index (χ4v) is 3.24. The topological polar surface area (TPSA) is 46.8 Å². The Hall–Kier alpha value is -1.91. The van der Waals surface area contributed by atoms with Crippen molar-refractivity contribution in [3.63, 3.8) is 0 Å². The van der Waals surface area contributed by atoms with Gasteiger partial charge in [0.05, 0.1) is 5.69 Å².